The molecule has 1 unspecified atom stereocenters. The number of hydrogen-bond donors (Lipinski definition) is 7. The lowest BCUT2D eigenvalue weighted by atomic mass is 10.1. The first-order valence-corrected chi connectivity index (χ1v) is 11.0. The second kappa shape index (κ2) is 8.66. The molecule has 138 valence electrons. The largest absolute Gasteiger partial charge is 0.366 e. The molecule has 0 aliphatic rings. The van der Waals surface area contributed by atoms with E-state index < -0.39 is 37.1 Å². The lowest BCUT2D eigenvalue weighted by Crippen LogP contribution is -2.40. The highest BCUT2D eigenvalue weighted by Crippen LogP contribution is 2.41. The zero-order valence-corrected chi connectivity index (χ0v) is 15.3. The van der Waals surface area contributed by atoms with Gasteiger partial charge >= 0.3 is 15.2 Å². The van der Waals surface area contributed by atoms with Crippen molar-refractivity contribution >= 4 is 42.4 Å². The summed E-state index contributed by atoms with van der Waals surface area (Å²) in [5.74, 6) is -0.519. The van der Waals surface area contributed by atoms with Crippen LogP contribution in [-0.2, 0) is 20.5 Å². The first kappa shape index (κ1) is 21.4. The van der Waals surface area contributed by atoms with Crippen LogP contribution < -0.4 is 26.7 Å². The molecule has 1 aromatic rings. The zero-order chi connectivity index (χ0) is 18.5. The van der Waals surface area contributed by atoms with E-state index in [4.69, 9.17) is 21.3 Å². The quantitative estimate of drug-likeness (QED) is 0.189. The second-order valence-corrected chi connectivity index (χ2v) is 9.67. The molecule has 0 spiro atoms. The predicted octanol–water partition coefficient (Wildman–Crippen LogP) is -1.57. The molecule has 1 atom stereocenters. The first-order chi connectivity index (χ1) is 11.0. The first-order valence-electron chi connectivity index (χ1n) is 6.95. The third kappa shape index (κ3) is 6.36. The molecule has 0 radical (unpaired) electrons. The van der Waals surface area contributed by atoms with Gasteiger partial charge in [0.25, 0.3) is 0 Å². The van der Waals surface area contributed by atoms with Gasteiger partial charge in [0.05, 0.1) is 17.9 Å². The molecule has 0 saturated heterocycles. The van der Waals surface area contributed by atoms with Crippen molar-refractivity contribution < 1.29 is 33.5 Å². The van der Waals surface area contributed by atoms with Crippen LogP contribution in [0.5, 0.6) is 0 Å². The summed E-state index contributed by atoms with van der Waals surface area (Å²) in [6.45, 7) is 0.203. The number of nitrogens with one attached hydrogen (secondary N) is 1. The van der Waals surface area contributed by atoms with E-state index in [1.54, 1.807) is 0 Å². The average molecular weight is 401 g/mol. The summed E-state index contributed by atoms with van der Waals surface area (Å²) in [7, 11) is -9.39. The standard InChI is InChI=1S/C11H21N3O7P2S/c12-4-2-1-3-7(13)11(15)14-6-9-8(22(16,17)18)5-10(24-9)23(19,20)21/h5,7H,1-4,6,12-13H2,(H,14,15)(H2,16,17,18)(H2,19,20,21). The zero-order valence-electron chi connectivity index (χ0n) is 12.7. The molecule has 0 saturated carbocycles. The van der Waals surface area contributed by atoms with Gasteiger partial charge in [-0.05, 0) is 25.5 Å². The van der Waals surface area contributed by atoms with E-state index in [1.807, 2.05) is 0 Å². The van der Waals surface area contributed by atoms with E-state index in [0.717, 1.165) is 12.5 Å². The third-order valence-corrected chi connectivity index (χ3v) is 6.91. The van der Waals surface area contributed by atoms with Crippen molar-refractivity contribution in [3.05, 3.63) is 10.9 Å². The normalized spacial score (nSPS) is 13.8. The molecule has 13 heteroatoms. The summed E-state index contributed by atoms with van der Waals surface area (Å²) in [6.07, 6.45) is 1.80. The van der Waals surface area contributed by atoms with E-state index >= 15 is 0 Å². The lowest BCUT2D eigenvalue weighted by molar-refractivity contribution is -0.122. The molecule has 10 nitrogen and oxygen atoms in total. The molecule has 9 N–H and O–H groups in total. The van der Waals surface area contributed by atoms with Crippen LogP contribution in [0.25, 0.3) is 0 Å². The van der Waals surface area contributed by atoms with E-state index in [1.165, 1.54) is 0 Å². The number of carbonyl (C=O) groups is 1. The van der Waals surface area contributed by atoms with Gasteiger partial charge in [-0.1, -0.05) is 6.42 Å². The van der Waals surface area contributed by atoms with Crippen molar-refractivity contribution in [3.63, 3.8) is 0 Å². The summed E-state index contributed by atoms with van der Waals surface area (Å²) in [6, 6.07) is -0.0224. The monoisotopic (exact) mass is 401 g/mol. The Balaban J connectivity index is 2.83. The Morgan fingerprint density at radius 2 is 1.83 bits per heavy atom. The van der Waals surface area contributed by atoms with Gasteiger partial charge in [-0.2, -0.15) is 0 Å². The number of rotatable bonds is 9. The molecule has 0 aromatic carbocycles. The van der Waals surface area contributed by atoms with Crippen LogP contribution in [0.4, 0.5) is 0 Å². The highest BCUT2D eigenvalue weighted by molar-refractivity contribution is 7.68. The third-order valence-electron chi connectivity index (χ3n) is 3.10. The van der Waals surface area contributed by atoms with Crippen LogP contribution in [0.15, 0.2) is 6.07 Å². The molecule has 0 fully saturated rings. The van der Waals surface area contributed by atoms with Gasteiger partial charge in [-0.15, -0.1) is 11.3 Å². The average Bonchev–Trinajstić information content (AvgIpc) is 2.89. The summed E-state index contributed by atoms with van der Waals surface area (Å²) < 4.78 is 22.2. The maximum atomic E-state index is 11.9. The van der Waals surface area contributed by atoms with Crippen LogP contribution in [0, 0.1) is 0 Å². The highest BCUT2D eigenvalue weighted by Gasteiger charge is 2.30. The molecule has 0 aliphatic carbocycles. The Bertz CT molecular complexity index is 669. The van der Waals surface area contributed by atoms with Crippen LogP contribution in [0.3, 0.4) is 0 Å². The molecule has 0 bridgehead atoms. The Labute approximate surface area is 142 Å². The smallest absolute Gasteiger partial charge is 0.350 e. The lowest BCUT2D eigenvalue weighted by Gasteiger charge is -2.12. The fraction of sp³-hybridized carbons (Fsp3) is 0.545. The van der Waals surface area contributed by atoms with E-state index in [2.05, 4.69) is 5.32 Å². The Kier molecular flexibility index (Phi) is 7.74. The van der Waals surface area contributed by atoms with Gasteiger partial charge in [-0.25, -0.2) is 0 Å². The van der Waals surface area contributed by atoms with Crippen molar-refractivity contribution in [1.29, 1.82) is 0 Å². The Hall–Kier alpha value is -0.610. The number of nitrogens with two attached hydrogens (primary N) is 2. The number of carbonyl (C=O) groups excluding carboxylic acids is 1. The molecular weight excluding hydrogens is 380 g/mol. The topological polar surface area (TPSA) is 196 Å². The molecule has 1 heterocycles. The minimum atomic E-state index is -4.74. The van der Waals surface area contributed by atoms with Crippen LogP contribution in [-0.4, -0.2) is 38.1 Å². The summed E-state index contributed by atoms with van der Waals surface area (Å²) in [5, 5.41) is 1.91. The molecule has 1 aromatic heterocycles. The molecule has 1 amide bonds. The van der Waals surface area contributed by atoms with Crippen molar-refractivity contribution in [2.24, 2.45) is 11.5 Å². The number of unbranched alkanes of at least 4 members (excludes halogenated alkanes) is 1. The predicted molar refractivity (Wildman–Crippen MR) is 90.4 cm³/mol. The van der Waals surface area contributed by atoms with E-state index in [0.29, 0.717) is 30.7 Å². The number of hydrogen-bond acceptors (Lipinski definition) is 6. The van der Waals surface area contributed by atoms with Crippen molar-refractivity contribution in [2.75, 3.05) is 6.54 Å². The van der Waals surface area contributed by atoms with Crippen LogP contribution >= 0.6 is 26.5 Å². The molecular formula is C11H21N3O7P2S. The number of amides is 1. The Morgan fingerprint density at radius 1 is 1.21 bits per heavy atom. The number of thiophene rings is 1. The Morgan fingerprint density at radius 3 is 2.33 bits per heavy atom. The van der Waals surface area contributed by atoms with E-state index in [9.17, 15) is 23.7 Å². The van der Waals surface area contributed by atoms with Gasteiger partial charge in [-0.3, -0.25) is 13.9 Å². The maximum absolute atomic E-state index is 11.9. The molecule has 24 heavy (non-hydrogen) atoms. The minimum Gasteiger partial charge on any atom is -0.350 e. The van der Waals surface area contributed by atoms with Gasteiger partial charge < -0.3 is 36.4 Å². The molecule has 1 rings (SSSR count). The summed E-state index contributed by atoms with van der Waals surface area (Å²) in [4.78, 5) is 48.7. The van der Waals surface area contributed by atoms with Crippen LogP contribution in [0.1, 0.15) is 24.1 Å². The van der Waals surface area contributed by atoms with Gasteiger partial charge in [0, 0.05) is 4.88 Å². The van der Waals surface area contributed by atoms with Crippen molar-refractivity contribution in [1.82, 2.24) is 5.32 Å². The fourth-order valence-corrected chi connectivity index (χ4v) is 5.08. The SMILES string of the molecule is NCCCCC(N)C(=O)NCc1sc(P(=O)(O)O)cc1P(=O)(O)O. The van der Waals surface area contributed by atoms with Crippen molar-refractivity contribution in [2.45, 2.75) is 31.8 Å². The molecule has 0 aliphatic heterocycles. The van der Waals surface area contributed by atoms with E-state index in [-0.39, 0.29) is 11.4 Å². The fourth-order valence-electron chi connectivity index (χ4n) is 1.86. The second-order valence-electron chi connectivity index (χ2n) is 5.09. The summed E-state index contributed by atoms with van der Waals surface area (Å²) >= 11 is 0.541. The van der Waals surface area contributed by atoms with Crippen molar-refractivity contribution in [3.8, 4) is 0 Å². The maximum Gasteiger partial charge on any atom is 0.366 e. The van der Waals surface area contributed by atoms with Gasteiger partial charge in [0.2, 0.25) is 5.91 Å². The summed E-state index contributed by atoms with van der Waals surface area (Å²) in [5.41, 5.74) is 11.0. The minimum absolute atomic E-state index is 0.0239. The highest BCUT2D eigenvalue weighted by atomic mass is 32.1. The van der Waals surface area contributed by atoms with Crippen LogP contribution in [0.2, 0.25) is 0 Å². The van der Waals surface area contributed by atoms with Gasteiger partial charge in [0.1, 0.15) is 4.62 Å². The van der Waals surface area contributed by atoms with Gasteiger partial charge in [0.15, 0.2) is 0 Å².